The fraction of sp³-hybridized carbons (Fsp3) is 0.273. The molecule has 0 aliphatic heterocycles. The molecule has 0 fully saturated rings. The van der Waals surface area contributed by atoms with E-state index in [0.717, 1.165) is 16.3 Å². The van der Waals surface area contributed by atoms with Crippen molar-refractivity contribution in [2.24, 2.45) is 0 Å². The molecule has 0 spiro atoms. The molecule has 1 amide bonds. The van der Waals surface area contributed by atoms with Crippen LogP contribution in [0.15, 0.2) is 53.9 Å². The third kappa shape index (κ3) is 5.16. The monoisotopic (exact) mass is 398 g/mol. The molecule has 0 aliphatic carbocycles. The number of hydrogen-bond donors (Lipinski definition) is 0. The van der Waals surface area contributed by atoms with Gasteiger partial charge in [-0.1, -0.05) is 26.0 Å². The topological polar surface area (TPSA) is 42.4 Å². The van der Waals surface area contributed by atoms with Gasteiger partial charge >= 0.3 is 0 Å². The number of aromatic nitrogens is 1. The Kier molecular flexibility index (Phi) is 6.41. The van der Waals surface area contributed by atoms with Crippen LogP contribution in [0.4, 0.5) is 10.1 Å². The quantitative estimate of drug-likeness (QED) is 0.540. The van der Waals surface area contributed by atoms with E-state index in [4.69, 9.17) is 4.74 Å². The summed E-state index contributed by atoms with van der Waals surface area (Å²) in [6.07, 6.45) is 0. The van der Waals surface area contributed by atoms with Crippen LogP contribution < -0.4 is 9.64 Å². The highest BCUT2D eigenvalue weighted by atomic mass is 32.1. The maximum Gasteiger partial charge on any atom is 0.265 e. The van der Waals surface area contributed by atoms with Crippen molar-refractivity contribution < 1.29 is 13.9 Å². The van der Waals surface area contributed by atoms with E-state index in [-0.39, 0.29) is 18.3 Å². The molecule has 0 saturated heterocycles. The maximum absolute atomic E-state index is 13.3. The first kappa shape index (κ1) is 20.0. The first-order valence-corrected chi connectivity index (χ1v) is 10.00. The molecule has 0 bridgehead atoms. The molecule has 3 rings (SSSR count). The van der Waals surface area contributed by atoms with Gasteiger partial charge in [0, 0.05) is 11.1 Å². The predicted molar refractivity (Wildman–Crippen MR) is 110 cm³/mol. The van der Waals surface area contributed by atoms with Gasteiger partial charge in [-0.15, -0.1) is 11.3 Å². The molecule has 0 atom stereocenters. The number of carbonyl (C=O) groups excluding carboxylic acids is 1. The Morgan fingerprint density at radius 1 is 1.21 bits per heavy atom. The molecule has 28 heavy (non-hydrogen) atoms. The summed E-state index contributed by atoms with van der Waals surface area (Å²) in [5.41, 5.74) is 2.55. The van der Waals surface area contributed by atoms with E-state index >= 15 is 0 Å². The Morgan fingerprint density at radius 3 is 2.61 bits per heavy atom. The molecular weight excluding hydrogens is 375 g/mol. The SMILES string of the molecule is Cc1nc(CN(C(=O)COc2cccc(C(C)C)c2)c2ccc(F)cc2)cs1. The van der Waals surface area contributed by atoms with Gasteiger partial charge in [-0.3, -0.25) is 4.79 Å². The van der Waals surface area contributed by atoms with Crippen molar-refractivity contribution in [1.29, 1.82) is 0 Å². The minimum atomic E-state index is -0.345. The lowest BCUT2D eigenvalue weighted by molar-refractivity contribution is -0.120. The van der Waals surface area contributed by atoms with Crippen molar-refractivity contribution in [3.05, 3.63) is 76.0 Å². The van der Waals surface area contributed by atoms with E-state index in [2.05, 4.69) is 18.8 Å². The minimum absolute atomic E-state index is 0.109. The Bertz CT molecular complexity index is 938. The number of hydrogen-bond acceptors (Lipinski definition) is 4. The molecule has 0 radical (unpaired) electrons. The van der Waals surface area contributed by atoms with Gasteiger partial charge in [0.2, 0.25) is 0 Å². The first-order chi connectivity index (χ1) is 13.4. The van der Waals surface area contributed by atoms with Crippen LogP contribution >= 0.6 is 11.3 Å². The van der Waals surface area contributed by atoms with Crippen LogP contribution in [0.3, 0.4) is 0 Å². The van der Waals surface area contributed by atoms with Gasteiger partial charge in [-0.05, 0) is 54.8 Å². The molecule has 6 heteroatoms. The number of aryl methyl sites for hydroxylation is 1. The van der Waals surface area contributed by atoms with Crippen molar-refractivity contribution in [1.82, 2.24) is 4.98 Å². The van der Waals surface area contributed by atoms with Crippen LogP contribution in [0.5, 0.6) is 5.75 Å². The summed E-state index contributed by atoms with van der Waals surface area (Å²) in [5.74, 6) is 0.473. The number of benzene rings is 2. The highest BCUT2D eigenvalue weighted by Crippen LogP contribution is 2.22. The van der Waals surface area contributed by atoms with Gasteiger partial charge in [0.15, 0.2) is 6.61 Å². The number of halogens is 1. The second kappa shape index (κ2) is 8.97. The third-order valence-electron chi connectivity index (χ3n) is 4.31. The summed E-state index contributed by atoms with van der Waals surface area (Å²) in [4.78, 5) is 18.9. The number of ether oxygens (including phenoxy) is 1. The van der Waals surface area contributed by atoms with E-state index in [0.29, 0.717) is 23.9 Å². The number of thiazole rings is 1. The van der Waals surface area contributed by atoms with Crippen LogP contribution in [-0.4, -0.2) is 17.5 Å². The molecule has 0 aliphatic rings. The fourth-order valence-corrected chi connectivity index (χ4v) is 3.38. The van der Waals surface area contributed by atoms with Crippen molar-refractivity contribution in [2.75, 3.05) is 11.5 Å². The van der Waals surface area contributed by atoms with Crippen molar-refractivity contribution in [3.63, 3.8) is 0 Å². The Hall–Kier alpha value is -2.73. The third-order valence-corrected chi connectivity index (χ3v) is 5.14. The molecular formula is C22H23FN2O2S. The van der Waals surface area contributed by atoms with E-state index in [1.807, 2.05) is 36.6 Å². The Balaban J connectivity index is 1.76. The zero-order valence-corrected chi connectivity index (χ0v) is 17.0. The molecule has 146 valence electrons. The van der Waals surface area contributed by atoms with Crippen LogP contribution in [-0.2, 0) is 11.3 Å². The van der Waals surface area contributed by atoms with Gasteiger partial charge in [0.05, 0.1) is 17.2 Å². The van der Waals surface area contributed by atoms with Crippen LogP contribution in [0.2, 0.25) is 0 Å². The molecule has 4 nitrogen and oxygen atoms in total. The van der Waals surface area contributed by atoms with Crippen LogP contribution in [0.25, 0.3) is 0 Å². The maximum atomic E-state index is 13.3. The summed E-state index contributed by atoms with van der Waals surface area (Å²) in [6, 6.07) is 13.6. The number of carbonyl (C=O) groups is 1. The zero-order valence-electron chi connectivity index (χ0n) is 16.2. The van der Waals surface area contributed by atoms with Gasteiger partial charge in [-0.2, -0.15) is 0 Å². The number of amides is 1. The highest BCUT2D eigenvalue weighted by Gasteiger charge is 2.18. The average molecular weight is 399 g/mol. The van der Waals surface area contributed by atoms with Crippen LogP contribution in [0, 0.1) is 12.7 Å². The predicted octanol–water partition coefficient (Wildman–Crippen LogP) is 5.33. The summed E-state index contributed by atoms with van der Waals surface area (Å²) in [5, 5.41) is 2.86. The lowest BCUT2D eigenvalue weighted by atomic mass is 10.0. The van der Waals surface area contributed by atoms with Gasteiger partial charge in [0.25, 0.3) is 5.91 Å². The molecule has 0 saturated carbocycles. The molecule has 0 N–H and O–H groups in total. The largest absolute Gasteiger partial charge is 0.484 e. The second-order valence-electron chi connectivity index (χ2n) is 6.83. The normalized spacial score (nSPS) is 10.9. The van der Waals surface area contributed by atoms with Crippen LogP contribution in [0.1, 0.15) is 36.0 Å². The van der Waals surface area contributed by atoms with Gasteiger partial charge in [-0.25, -0.2) is 9.37 Å². The van der Waals surface area contributed by atoms with E-state index in [1.54, 1.807) is 17.0 Å². The number of anilines is 1. The Labute approximate surface area is 168 Å². The lowest BCUT2D eigenvalue weighted by Gasteiger charge is -2.22. The second-order valence-corrected chi connectivity index (χ2v) is 7.89. The van der Waals surface area contributed by atoms with E-state index < -0.39 is 0 Å². The van der Waals surface area contributed by atoms with Crippen molar-refractivity contribution in [3.8, 4) is 5.75 Å². The van der Waals surface area contributed by atoms with Crippen molar-refractivity contribution in [2.45, 2.75) is 33.2 Å². The first-order valence-electron chi connectivity index (χ1n) is 9.12. The number of nitrogens with zero attached hydrogens (tertiary/aromatic N) is 2. The Morgan fingerprint density at radius 2 is 1.96 bits per heavy atom. The van der Waals surface area contributed by atoms with E-state index in [1.165, 1.54) is 23.5 Å². The van der Waals surface area contributed by atoms with E-state index in [9.17, 15) is 9.18 Å². The molecule has 2 aromatic carbocycles. The molecule has 0 unspecified atom stereocenters. The molecule has 1 aromatic heterocycles. The summed E-state index contributed by atoms with van der Waals surface area (Å²) in [7, 11) is 0. The zero-order chi connectivity index (χ0) is 20.1. The minimum Gasteiger partial charge on any atom is -0.484 e. The molecule has 3 aromatic rings. The lowest BCUT2D eigenvalue weighted by Crippen LogP contribution is -2.34. The standard InChI is InChI=1S/C22H23FN2O2S/c1-15(2)17-5-4-6-21(11-17)27-13-22(26)25(12-19-14-28-16(3)24-19)20-9-7-18(23)8-10-20/h4-11,14-15H,12-13H2,1-3H3. The smallest absolute Gasteiger partial charge is 0.265 e. The highest BCUT2D eigenvalue weighted by molar-refractivity contribution is 7.09. The van der Waals surface area contributed by atoms with Gasteiger partial charge < -0.3 is 9.64 Å². The molecule has 1 heterocycles. The average Bonchev–Trinajstić information content (AvgIpc) is 3.10. The summed E-state index contributed by atoms with van der Waals surface area (Å²) >= 11 is 1.53. The van der Waals surface area contributed by atoms with Crippen molar-refractivity contribution >= 4 is 22.9 Å². The summed E-state index contributed by atoms with van der Waals surface area (Å²) in [6.45, 7) is 6.34. The van der Waals surface area contributed by atoms with Gasteiger partial charge in [0.1, 0.15) is 11.6 Å². The summed E-state index contributed by atoms with van der Waals surface area (Å²) < 4.78 is 19.1. The number of rotatable bonds is 7. The fourth-order valence-electron chi connectivity index (χ4n) is 2.77.